The summed E-state index contributed by atoms with van der Waals surface area (Å²) >= 11 is 0. The smallest absolute Gasteiger partial charge is 0.237 e. The number of hydrogen-bond donors (Lipinski definition) is 1. The Morgan fingerprint density at radius 3 is 2.57 bits per heavy atom. The highest BCUT2D eigenvalue weighted by Crippen LogP contribution is 2.25. The van der Waals surface area contributed by atoms with Crippen LogP contribution in [-0.4, -0.2) is 57.0 Å². The van der Waals surface area contributed by atoms with E-state index in [-0.39, 0.29) is 17.6 Å². The Morgan fingerprint density at radius 2 is 1.87 bits per heavy atom. The standard InChI is InChI=1S/C21H27N3O5S/c1-28-14-15-29-21-19(8-5-11-22-21)23-20(25)18-9-12-24(13-10-18)30(26,27)16-17-6-3-2-4-7-17/h2-8,11,18H,9-10,12-16H2,1H3,(H,23,25). The fourth-order valence-electron chi connectivity index (χ4n) is 3.33. The molecule has 1 aromatic carbocycles. The molecule has 1 N–H and O–H groups in total. The molecule has 0 spiro atoms. The number of nitrogens with zero attached hydrogens (tertiary/aromatic N) is 2. The SMILES string of the molecule is COCCOc1ncccc1NC(=O)C1CCN(S(=O)(=O)Cc2ccccc2)CC1. The van der Waals surface area contributed by atoms with E-state index in [1.54, 1.807) is 37.6 Å². The van der Waals surface area contributed by atoms with Crippen molar-refractivity contribution in [2.45, 2.75) is 18.6 Å². The van der Waals surface area contributed by atoms with Gasteiger partial charge in [-0.1, -0.05) is 30.3 Å². The molecule has 0 radical (unpaired) electrons. The van der Waals surface area contributed by atoms with Crippen molar-refractivity contribution < 1.29 is 22.7 Å². The topological polar surface area (TPSA) is 97.8 Å². The van der Waals surface area contributed by atoms with Gasteiger partial charge in [-0.2, -0.15) is 0 Å². The van der Waals surface area contributed by atoms with Gasteiger partial charge in [0, 0.05) is 32.3 Å². The van der Waals surface area contributed by atoms with Crippen LogP contribution >= 0.6 is 0 Å². The van der Waals surface area contributed by atoms with Crippen molar-refractivity contribution in [2.75, 3.05) is 38.7 Å². The molecule has 2 aromatic rings. The summed E-state index contributed by atoms with van der Waals surface area (Å²) in [7, 11) is -1.82. The third-order valence-electron chi connectivity index (χ3n) is 4.97. The first kappa shape index (κ1) is 22.2. The van der Waals surface area contributed by atoms with Crippen LogP contribution < -0.4 is 10.1 Å². The normalized spacial score (nSPS) is 15.6. The van der Waals surface area contributed by atoms with Crippen molar-refractivity contribution in [3.05, 3.63) is 54.2 Å². The lowest BCUT2D eigenvalue weighted by atomic mass is 9.97. The van der Waals surface area contributed by atoms with Gasteiger partial charge in [0.05, 0.1) is 12.4 Å². The summed E-state index contributed by atoms with van der Waals surface area (Å²) in [5.74, 6) is -0.103. The summed E-state index contributed by atoms with van der Waals surface area (Å²) in [6.45, 7) is 1.41. The Labute approximate surface area is 177 Å². The molecule has 9 heteroatoms. The fourth-order valence-corrected chi connectivity index (χ4v) is 4.89. The number of rotatable bonds is 9. The molecule has 2 heterocycles. The number of carbonyl (C=O) groups excluding carboxylic acids is 1. The molecule has 1 amide bonds. The number of sulfonamides is 1. The molecule has 1 aliphatic rings. The Hall–Kier alpha value is -2.49. The summed E-state index contributed by atoms with van der Waals surface area (Å²) in [6, 6.07) is 12.6. The molecule has 0 aliphatic carbocycles. The van der Waals surface area contributed by atoms with Crippen LogP contribution in [0, 0.1) is 5.92 Å². The van der Waals surface area contributed by atoms with Gasteiger partial charge in [-0.25, -0.2) is 17.7 Å². The van der Waals surface area contributed by atoms with Gasteiger partial charge < -0.3 is 14.8 Å². The molecule has 3 rings (SSSR count). The zero-order valence-electron chi connectivity index (χ0n) is 17.0. The van der Waals surface area contributed by atoms with Crippen molar-refractivity contribution in [1.82, 2.24) is 9.29 Å². The minimum atomic E-state index is -3.40. The molecule has 1 aliphatic heterocycles. The molecule has 0 saturated carbocycles. The van der Waals surface area contributed by atoms with E-state index in [1.165, 1.54) is 4.31 Å². The summed E-state index contributed by atoms with van der Waals surface area (Å²) in [5.41, 5.74) is 1.26. The van der Waals surface area contributed by atoms with Crippen molar-refractivity contribution in [2.24, 2.45) is 5.92 Å². The quantitative estimate of drug-likeness (QED) is 0.610. The first-order valence-electron chi connectivity index (χ1n) is 9.89. The number of ether oxygens (including phenoxy) is 2. The number of benzene rings is 1. The molecule has 1 saturated heterocycles. The van der Waals surface area contributed by atoms with Gasteiger partial charge in [-0.15, -0.1) is 0 Å². The highest BCUT2D eigenvalue weighted by atomic mass is 32.2. The van der Waals surface area contributed by atoms with Crippen molar-refractivity contribution >= 4 is 21.6 Å². The van der Waals surface area contributed by atoms with E-state index < -0.39 is 10.0 Å². The maximum Gasteiger partial charge on any atom is 0.237 e. The van der Waals surface area contributed by atoms with Crippen LogP contribution in [0.15, 0.2) is 48.7 Å². The van der Waals surface area contributed by atoms with E-state index in [2.05, 4.69) is 10.3 Å². The third-order valence-corrected chi connectivity index (χ3v) is 6.82. The molecule has 0 unspecified atom stereocenters. The van der Waals surface area contributed by atoms with Crippen LogP contribution in [0.3, 0.4) is 0 Å². The fraction of sp³-hybridized carbons (Fsp3) is 0.429. The van der Waals surface area contributed by atoms with Crippen LogP contribution in [0.25, 0.3) is 0 Å². The lowest BCUT2D eigenvalue weighted by molar-refractivity contribution is -0.120. The van der Waals surface area contributed by atoms with Crippen molar-refractivity contribution in [3.8, 4) is 5.88 Å². The van der Waals surface area contributed by atoms with Crippen LogP contribution in [-0.2, 0) is 25.3 Å². The number of methoxy groups -OCH3 is 1. The first-order chi connectivity index (χ1) is 14.5. The van der Waals surface area contributed by atoms with Gasteiger partial charge in [0.1, 0.15) is 12.3 Å². The molecule has 0 atom stereocenters. The van der Waals surface area contributed by atoms with Crippen LogP contribution in [0.2, 0.25) is 0 Å². The maximum absolute atomic E-state index is 12.7. The second-order valence-corrected chi connectivity index (χ2v) is 9.07. The maximum atomic E-state index is 12.7. The van der Waals surface area contributed by atoms with Crippen LogP contribution in [0.1, 0.15) is 18.4 Å². The summed E-state index contributed by atoms with van der Waals surface area (Å²) in [4.78, 5) is 16.9. The lowest BCUT2D eigenvalue weighted by Crippen LogP contribution is -2.41. The predicted molar refractivity (Wildman–Crippen MR) is 114 cm³/mol. The van der Waals surface area contributed by atoms with Crippen molar-refractivity contribution in [3.63, 3.8) is 0 Å². The number of anilines is 1. The Bertz CT molecular complexity index is 929. The Morgan fingerprint density at radius 1 is 1.13 bits per heavy atom. The van der Waals surface area contributed by atoms with E-state index in [0.29, 0.717) is 50.7 Å². The average Bonchev–Trinajstić information content (AvgIpc) is 2.75. The number of nitrogens with one attached hydrogen (secondary N) is 1. The Balaban J connectivity index is 1.54. The van der Waals surface area contributed by atoms with E-state index in [9.17, 15) is 13.2 Å². The Kier molecular flexibility index (Phi) is 7.78. The largest absolute Gasteiger partial charge is 0.474 e. The summed E-state index contributed by atoms with van der Waals surface area (Å²) < 4.78 is 37.4. The number of aromatic nitrogens is 1. The second-order valence-electron chi connectivity index (χ2n) is 7.10. The van der Waals surface area contributed by atoms with Gasteiger partial charge in [0.2, 0.25) is 21.8 Å². The molecule has 8 nitrogen and oxygen atoms in total. The average molecular weight is 434 g/mol. The number of piperidine rings is 1. The zero-order valence-corrected chi connectivity index (χ0v) is 17.8. The summed E-state index contributed by atoms with van der Waals surface area (Å²) in [5, 5.41) is 2.87. The van der Waals surface area contributed by atoms with Gasteiger partial charge in [-0.05, 0) is 30.5 Å². The number of amides is 1. The zero-order chi connectivity index (χ0) is 21.4. The van der Waals surface area contributed by atoms with Gasteiger partial charge in [0.25, 0.3) is 0 Å². The number of carbonyl (C=O) groups is 1. The molecule has 0 bridgehead atoms. The first-order valence-corrected chi connectivity index (χ1v) is 11.5. The molecular weight excluding hydrogens is 406 g/mol. The third kappa shape index (κ3) is 6.01. The van der Waals surface area contributed by atoms with E-state index >= 15 is 0 Å². The van der Waals surface area contributed by atoms with Crippen molar-refractivity contribution in [1.29, 1.82) is 0 Å². The molecule has 1 fully saturated rings. The van der Waals surface area contributed by atoms with E-state index in [4.69, 9.17) is 9.47 Å². The predicted octanol–water partition coefficient (Wildman–Crippen LogP) is 2.29. The molecule has 30 heavy (non-hydrogen) atoms. The second kappa shape index (κ2) is 10.5. The number of hydrogen-bond acceptors (Lipinski definition) is 6. The van der Waals surface area contributed by atoms with E-state index in [1.807, 2.05) is 18.2 Å². The molecule has 1 aromatic heterocycles. The van der Waals surface area contributed by atoms with Gasteiger partial charge in [-0.3, -0.25) is 4.79 Å². The lowest BCUT2D eigenvalue weighted by Gasteiger charge is -2.30. The monoisotopic (exact) mass is 433 g/mol. The highest BCUT2D eigenvalue weighted by Gasteiger charge is 2.31. The minimum absolute atomic E-state index is 0.0252. The molecule has 162 valence electrons. The minimum Gasteiger partial charge on any atom is -0.474 e. The van der Waals surface area contributed by atoms with E-state index in [0.717, 1.165) is 5.56 Å². The summed E-state index contributed by atoms with van der Waals surface area (Å²) in [6.07, 6.45) is 2.54. The van der Waals surface area contributed by atoms with Gasteiger partial charge in [0.15, 0.2) is 0 Å². The van der Waals surface area contributed by atoms with Gasteiger partial charge >= 0.3 is 0 Å². The van der Waals surface area contributed by atoms with Crippen LogP contribution in [0.5, 0.6) is 5.88 Å². The van der Waals surface area contributed by atoms with Crippen LogP contribution in [0.4, 0.5) is 5.69 Å². The molecular formula is C21H27N3O5S. The highest BCUT2D eigenvalue weighted by molar-refractivity contribution is 7.88. The number of pyridine rings is 1.